The standard InChI is InChI=1S/C13H22N4O2/c1-9-7-11(19-4)5-6-12(9)16-13(17-14)15-10(2)8-18-3/h5-7,10H,8,14H2,1-4H3,(H2,15,16,17). The van der Waals surface area contributed by atoms with Crippen molar-refractivity contribution in [1.29, 1.82) is 0 Å². The summed E-state index contributed by atoms with van der Waals surface area (Å²) < 4.78 is 10.2. The molecule has 1 aromatic rings. The highest BCUT2D eigenvalue weighted by molar-refractivity contribution is 5.94. The Kier molecular flexibility index (Phi) is 6.11. The van der Waals surface area contributed by atoms with E-state index in [4.69, 9.17) is 15.3 Å². The van der Waals surface area contributed by atoms with Crippen molar-refractivity contribution in [3.05, 3.63) is 23.8 Å². The molecule has 4 N–H and O–H groups in total. The lowest BCUT2D eigenvalue weighted by molar-refractivity contribution is 0.185. The first-order chi connectivity index (χ1) is 9.10. The predicted molar refractivity (Wildman–Crippen MR) is 77.4 cm³/mol. The van der Waals surface area contributed by atoms with E-state index in [2.05, 4.69) is 15.7 Å². The first-order valence-corrected chi connectivity index (χ1v) is 6.05. The molecule has 0 saturated carbocycles. The molecule has 0 saturated heterocycles. The number of hydrogen-bond acceptors (Lipinski definition) is 4. The van der Waals surface area contributed by atoms with Gasteiger partial charge in [-0.05, 0) is 37.6 Å². The maximum Gasteiger partial charge on any atom is 0.210 e. The zero-order valence-corrected chi connectivity index (χ0v) is 11.9. The van der Waals surface area contributed by atoms with Gasteiger partial charge < -0.3 is 14.8 Å². The third kappa shape index (κ3) is 4.76. The van der Waals surface area contributed by atoms with Crippen LogP contribution in [0.2, 0.25) is 0 Å². The quantitative estimate of drug-likeness (QED) is 0.324. The van der Waals surface area contributed by atoms with Gasteiger partial charge in [0.25, 0.3) is 0 Å². The number of nitrogens with one attached hydrogen (secondary N) is 2. The lowest BCUT2D eigenvalue weighted by Crippen LogP contribution is -2.37. The minimum Gasteiger partial charge on any atom is -0.497 e. The van der Waals surface area contributed by atoms with Crippen LogP contribution in [0.3, 0.4) is 0 Å². The molecule has 0 radical (unpaired) electrons. The molecule has 0 spiro atoms. The van der Waals surface area contributed by atoms with E-state index in [1.165, 1.54) is 0 Å². The molecule has 6 heteroatoms. The molecule has 1 unspecified atom stereocenters. The fourth-order valence-electron chi connectivity index (χ4n) is 1.64. The fourth-order valence-corrected chi connectivity index (χ4v) is 1.64. The van der Waals surface area contributed by atoms with Crippen molar-refractivity contribution in [2.24, 2.45) is 10.8 Å². The molecule has 0 aliphatic heterocycles. The Morgan fingerprint density at radius 2 is 2.16 bits per heavy atom. The Labute approximate surface area is 114 Å². The molecule has 6 nitrogen and oxygen atoms in total. The number of rotatable bonds is 5. The summed E-state index contributed by atoms with van der Waals surface area (Å²) in [5, 5.41) is 3.14. The third-order valence-corrected chi connectivity index (χ3v) is 2.58. The van der Waals surface area contributed by atoms with Crippen molar-refractivity contribution in [3.63, 3.8) is 0 Å². The second-order valence-electron chi connectivity index (χ2n) is 4.23. The van der Waals surface area contributed by atoms with E-state index in [-0.39, 0.29) is 6.04 Å². The molecule has 1 rings (SSSR count). The normalized spacial score (nSPS) is 13.0. The number of anilines is 1. The summed E-state index contributed by atoms with van der Waals surface area (Å²) in [6, 6.07) is 5.75. The molecule has 1 aromatic carbocycles. The molecule has 0 aliphatic rings. The lowest BCUT2D eigenvalue weighted by atomic mass is 10.2. The van der Waals surface area contributed by atoms with Gasteiger partial charge in [-0.15, -0.1) is 0 Å². The van der Waals surface area contributed by atoms with Crippen molar-refractivity contribution in [3.8, 4) is 5.75 Å². The largest absolute Gasteiger partial charge is 0.497 e. The van der Waals surface area contributed by atoms with Gasteiger partial charge in [0.2, 0.25) is 5.96 Å². The molecule has 0 amide bonds. The Morgan fingerprint density at radius 1 is 1.42 bits per heavy atom. The third-order valence-electron chi connectivity index (χ3n) is 2.58. The zero-order chi connectivity index (χ0) is 14.3. The van der Waals surface area contributed by atoms with E-state index in [0.29, 0.717) is 12.6 Å². The average molecular weight is 266 g/mol. The van der Waals surface area contributed by atoms with Crippen molar-refractivity contribution >= 4 is 11.6 Å². The maximum absolute atomic E-state index is 5.46. The van der Waals surface area contributed by atoms with Crippen molar-refractivity contribution in [2.75, 3.05) is 26.1 Å². The van der Waals surface area contributed by atoms with Crippen LogP contribution in [0, 0.1) is 6.92 Å². The Morgan fingerprint density at radius 3 is 2.68 bits per heavy atom. The molecule has 1 atom stereocenters. The van der Waals surface area contributed by atoms with E-state index in [0.717, 1.165) is 17.0 Å². The summed E-state index contributed by atoms with van der Waals surface area (Å²) in [6.45, 7) is 4.47. The minimum atomic E-state index is 0.0158. The lowest BCUT2D eigenvalue weighted by Gasteiger charge is -2.14. The van der Waals surface area contributed by atoms with Crippen LogP contribution in [0.25, 0.3) is 0 Å². The summed E-state index contributed by atoms with van der Waals surface area (Å²) in [5.41, 5.74) is 4.51. The van der Waals surface area contributed by atoms with Crippen LogP contribution in [0.15, 0.2) is 23.2 Å². The molecule has 0 heterocycles. The topological polar surface area (TPSA) is 80.9 Å². The van der Waals surface area contributed by atoms with Crippen LogP contribution in [0.4, 0.5) is 5.69 Å². The van der Waals surface area contributed by atoms with E-state index in [1.54, 1.807) is 14.2 Å². The number of guanidine groups is 1. The Hall–Kier alpha value is -1.79. The van der Waals surface area contributed by atoms with Gasteiger partial charge in [-0.1, -0.05) is 0 Å². The highest BCUT2D eigenvalue weighted by Crippen LogP contribution is 2.20. The molecule has 0 bridgehead atoms. The number of methoxy groups -OCH3 is 2. The molecular formula is C13H22N4O2. The van der Waals surface area contributed by atoms with E-state index < -0.39 is 0 Å². The summed E-state index contributed by atoms with van der Waals surface area (Å²) in [4.78, 5) is 4.38. The van der Waals surface area contributed by atoms with E-state index in [9.17, 15) is 0 Å². The van der Waals surface area contributed by atoms with Gasteiger partial charge in [0.05, 0.1) is 19.8 Å². The number of hydrazine groups is 1. The molecule has 0 fully saturated rings. The Bertz CT molecular complexity index is 435. The predicted octanol–water partition coefficient (Wildman–Crippen LogP) is 1.27. The van der Waals surface area contributed by atoms with Gasteiger partial charge in [-0.25, -0.2) is 10.8 Å². The number of nitrogens with zero attached hydrogens (tertiary/aromatic N) is 1. The van der Waals surface area contributed by atoms with Crippen LogP contribution >= 0.6 is 0 Å². The SMILES string of the molecule is COCC(C)N=C(NN)Nc1ccc(OC)cc1C. The number of aliphatic imine (C=N–C) groups is 1. The van der Waals surface area contributed by atoms with E-state index in [1.807, 2.05) is 32.0 Å². The van der Waals surface area contributed by atoms with Gasteiger partial charge in [-0.2, -0.15) is 0 Å². The first-order valence-electron chi connectivity index (χ1n) is 6.05. The van der Waals surface area contributed by atoms with E-state index >= 15 is 0 Å². The minimum absolute atomic E-state index is 0.0158. The highest BCUT2D eigenvalue weighted by atomic mass is 16.5. The van der Waals surface area contributed by atoms with Crippen LogP contribution in [0.1, 0.15) is 12.5 Å². The molecule has 19 heavy (non-hydrogen) atoms. The summed E-state index contributed by atoms with van der Waals surface area (Å²) in [5.74, 6) is 6.78. The number of aryl methyl sites for hydroxylation is 1. The van der Waals surface area contributed by atoms with Crippen molar-refractivity contribution in [1.82, 2.24) is 5.43 Å². The molecule has 0 aliphatic carbocycles. The smallest absolute Gasteiger partial charge is 0.210 e. The number of benzene rings is 1. The fraction of sp³-hybridized carbons (Fsp3) is 0.462. The molecule has 0 aromatic heterocycles. The number of hydrogen-bond donors (Lipinski definition) is 3. The van der Waals surface area contributed by atoms with Gasteiger partial charge >= 0.3 is 0 Å². The first kappa shape index (κ1) is 15.3. The number of ether oxygens (including phenoxy) is 2. The average Bonchev–Trinajstić information content (AvgIpc) is 2.40. The summed E-state index contributed by atoms with van der Waals surface area (Å²) in [7, 11) is 3.28. The second kappa shape index (κ2) is 7.60. The van der Waals surface area contributed by atoms with Gasteiger partial charge in [0.1, 0.15) is 5.75 Å². The number of nitrogens with two attached hydrogens (primary N) is 1. The highest BCUT2D eigenvalue weighted by Gasteiger charge is 2.05. The van der Waals surface area contributed by atoms with Gasteiger partial charge in [-0.3, -0.25) is 5.43 Å². The van der Waals surface area contributed by atoms with Gasteiger partial charge in [0, 0.05) is 12.8 Å². The second-order valence-corrected chi connectivity index (χ2v) is 4.23. The van der Waals surface area contributed by atoms with Gasteiger partial charge in [0.15, 0.2) is 0 Å². The summed E-state index contributed by atoms with van der Waals surface area (Å²) >= 11 is 0. The maximum atomic E-state index is 5.46. The Balaban J connectivity index is 2.81. The monoisotopic (exact) mass is 266 g/mol. The zero-order valence-electron chi connectivity index (χ0n) is 11.9. The van der Waals surface area contributed by atoms with Crippen molar-refractivity contribution in [2.45, 2.75) is 19.9 Å². The molecular weight excluding hydrogens is 244 g/mol. The van der Waals surface area contributed by atoms with Crippen LogP contribution in [-0.4, -0.2) is 32.8 Å². The molecule has 106 valence electrons. The van der Waals surface area contributed by atoms with Crippen LogP contribution in [0.5, 0.6) is 5.75 Å². The van der Waals surface area contributed by atoms with Crippen molar-refractivity contribution < 1.29 is 9.47 Å². The van der Waals surface area contributed by atoms with Crippen LogP contribution in [-0.2, 0) is 4.74 Å². The van der Waals surface area contributed by atoms with Crippen LogP contribution < -0.4 is 21.3 Å². The summed E-state index contributed by atoms with van der Waals surface area (Å²) in [6.07, 6.45) is 0.